The molecule has 5 nitrogen and oxygen atoms in total. The van der Waals surface area contributed by atoms with E-state index in [1.165, 1.54) is 35.3 Å². The van der Waals surface area contributed by atoms with Gasteiger partial charge in [0, 0.05) is 19.0 Å². The number of urea groups is 1. The van der Waals surface area contributed by atoms with E-state index < -0.39 is 0 Å². The fourth-order valence-electron chi connectivity index (χ4n) is 2.62. The molecule has 1 aliphatic heterocycles. The van der Waals surface area contributed by atoms with Crippen molar-refractivity contribution in [1.82, 2.24) is 15.1 Å². The number of nitrogens with one attached hydrogen (secondary N) is 1. The van der Waals surface area contributed by atoms with E-state index in [4.69, 9.17) is 0 Å². The summed E-state index contributed by atoms with van der Waals surface area (Å²) < 4.78 is 0. The summed E-state index contributed by atoms with van der Waals surface area (Å²) in [5, 5.41) is 12.8. The SMILES string of the molecule is O=C(Nc1nnc(C2CC2)s1)N1CCc2ccccc2C1. The first-order chi connectivity index (χ1) is 10.3. The lowest BCUT2D eigenvalue weighted by Crippen LogP contribution is -2.38. The largest absolute Gasteiger partial charge is 0.324 e. The molecular weight excluding hydrogens is 284 g/mol. The highest BCUT2D eigenvalue weighted by atomic mass is 32.1. The zero-order valence-electron chi connectivity index (χ0n) is 11.6. The van der Waals surface area contributed by atoms with Crippen molar-refractivity contribution in [2.75, 3.05) is 11.9 Å². The smallest absolute Gasteiger partial charge is 0.320 e. The predicted octanol–water partition coefficient (Wildman–Crippen LogP) is 3.01. The zero-order chi connectivity index (χ0) is 14.2. The van der Waals surface area contributed by atoms with Gasteiger partial charge in [-0.2, -0.15) is 0 Å². The van der Waals surface area contributed by atoms with Gasteiger partial charge in [0.1, 0.15) is 5.01 Å². The van der Waals surface area contributed by atoms with Crippen LogP contribution in [0.25, 0.3) is 0 Å². The maximum absolute atomic E-state index is 12.3. The van der Waals surface area contributed by atoms with Crippen LogP contribution in [0.3, 0.4) is 0 Å². The molecule has 1 aromatic heterocycles. The lowest BCUT2D eigenvalue weighted by Gasteiger charge is -2.28. The number of carbonyl (C=O) groups is 1. The summed E-state index contributed by atoms with van der Waals surface area (Å²) in [5.74, 6) is 0.579. The van der Waals surface area contributed by atoms with E-state index >= 15 is 0 Å². The van der Waals surface area contributed by atoms with Crippen LogP contribution >= 0.6 is 11.3 Å². The van der Waals surface area contributed by atoms with E-state index in [1.54, 1.807) is 0 Å². The number of benzene rings is 1. The van der Waals surface area contributed by atoms with Crippen LogP contribution in [-0.2, 0) is 13.0 Å². The fraction of sp³-hybridized carbons (Fsp3) is 0.400. The van der Waals surface area contributed by atoms with Gasteiger partial charge in [0.2, 0.25) is 5.13 Å². The molecule has 0 radical (unpaired) electrons. The lowest BCUT2D eigenvalue weighted by molar-refractivity contribution is 0.206. The minimum absolute atomic E-state index is 0.0806. The Labute approximate surface area is 127 Å². The van der Waals surface area contributed by atoms with E-state index in [2.05, 4.69) is 33.7 Å². The molecule has 1 N–H and O–H groups in total. The van der Waals surface area contributed by atoms with Crippen LogP contribution in [0.4, 0.5) is 9.93 Å². The normalized spacial score (nSPS) is 17.4. The summed E-state index contributed by atoms with van der Waals surface area (Å²) in [6.07, 6.45) is 3.31. The molecule has 2 amide bonds. The Hall–Kier alpha value is -1.95. The molecule has 0 unspecified atom stereocenters. The number of hydrogen-bond acceptors (Lipinski definition) is 4. The third kappa shape index (κ3) is 2.63. The number of anilines is 1. The highest BCUT2D eigenvalue weighted by molar-refractivity contribution is 7.15. The van der Waals surface area contributed by atoms with Gasteiger partial charge in [-0.25, -0.2) is 4.79 Å². The zero-order valence-corrected chi connectivity index (χ0v) is 12.4. The second kappa shape index (κ2) is 5.11. The lowest BCUT2D eigenvalue weighted by atomic mass is 10.0. The number of rotatable bonds is 2. The summed E-state index contributed by atoms with van der Waals surface area (Å²) in [7, 11) is 0. The molecule has 1 aromatic carbocycles. The highest BCUT2D eigenvalue weighted by Crippen LogP contribution is 2.42. The van der Waals surface area contributed by atoms with Gasteiger partial charge >= 0.3 is 6.03 Å². The Morgan fingerprint density at radius 3 is 2.86 bits per heavy atom. The van der Waals surface area contributed by atoms with Gasteiger partial charge in [0.05, 0.1) is 0 Å². The van der Waals surface area contributed by atoms with Crippen LogP contribution in [-0.4, -0.2) is 27.7 Å². The summed E-state index contributed by atoms with van der Waals surface area (Å²) in [5.41, 5.74) is 2.57. The number of amides is 2. The summed E-state index contributed by atoms with van der Waals surface area (Å²) in [4.78, 5) is 14.2. The van der Waals surface area contributed by atoms with Crippen molar-refractivity contribution in [2.45, 2.75) is 31.7 Å². The van der Waals surface area contributed by atoms with Crippen molar-refractivity contribution < 1.29 is 4.79 Å². The van der Waals surface area contributed by atoms with Crippen LogP contribution in [0.2, 0.25) is 0 Å². The molecule has 0 spiro atoms. The third-order valence-electron chi connectivity index (χ3n) is 4.00. The van der Waals surface area contributed by atoms with Gasteiger partial charge in [-0.1, -0.05) is 35.6 Å². The van der Waals surface area contributed by atoms with E-state index in [1.807, 2.05) is 11.0 Å². The second-order valence-electron chi connectivity index (χ2n) is 5.59. The molecule has 2 heterocycles. The van der Waals surface area contributed by atoms with Gasteiger partial charge in [-0.15, -0.1) is 10.2 Å². The van der Waals surface area contributed by atoms with E-state index in [0.29, 0.717) is 17.6 Å². The van der Waals surface area contributed by atoms with Crippen molar-refractivity contribution in [3.05, 3.63) is 40.4 Å². The van der Waals surface area contributed by atoms with E-state index in [9.17, 15) is 4.79 Å². The van der Waals surface area contributed by atoms with Crippen molar-refractivity contribution in [3.63, 3.8) is 0 Å². The fourth-order valence-corrected chi connectivity index (χ4v) is 3.52. The number of hydrogen-bond donors (Lipinski definition) is 1. The topological polar surface area (TPSA) is 58.1 Å². The van der Waals surface area contributed by atoms with Crippen molar-refractivity contribution in [3.8, 4) is 0 Å². The molecule has 1 fully saturated rings. The average Bonchev–Trinajstić information content (AvgIpc) is 3.27. The van der Waals surface area contributed by atoms with E-state index in [0.717, 1.165) is 18.0 Å². The first-order valence-corrected chi connectivity index (χ1v) is 8.07. The Morgan fingerprint density at radius 2 is 2.05 bits per heavy atom. The maximum atomic E-state index is 12.3. The molecule has 2 aromatic rings. The van der Waals surface area contributed by atoms with Crippen LogP contribution in [0.1, 0.15) is 34.9 Å². The van der Waals surface area contributed by atoms with Gasteiger partial charge in [0.15, 0.2) is 0 Å². The van der Waals surface area contributed by atoms with Crippen molar-refractivity contribution >= 4 is 22.5 Å². The number of aromatic nitrogens is 2. The highest BCUT2D eigenvalue weighted by Gasteiger charge is 2.28. The number of carbonyl (C=O) groups excluding carboxylic acids is 1. The first-order valence-electron chi connectivity index (χ1n) is 7.26. The first kappa shape index (κ1) is 12.8. The maximum Gasteiger partial charge on any atom is 0.324 e. The monoisotopic (exact) mass is 300 g/mol. The molecule has 4 rings (SSSR count). The predicted molar refractivity (Wildman–Crippen MR) is 81.5 cm³/mol. The molecule has 6 heteroatoms. The van der Waals surface area contributed by atoms with Crippen molar-refractivity contribution in [2.24, 2.45) is 0 Å². The van der Waals surface area contributed by atoms with Gasteiger partial charge in [-0.05, 0) is 30.4 Å². The Morgan fingerprint density at radius 1 is 1.24 bits per heavy atom. The standard InChI is InChI=1S/C15H16N4OS/c20-15(16-14-18-17-13(21-14)11-5-6-11)19-8-7-10-3-1-2-4-12(10)9-19/h1-4,11H,5-9H2,(H,16,18,20). The minimum Gasteiger partial charge on any atom is -0.320 e. The van der Waals surface area contributed by atoms with Crippen LogP contribution in [0, 0.1) is 0 Å². The van der Waals surface area contributed by atoms with Crippen LogP contribution in [0.15, 0.2) is 24.3 Å². The Balaban J connectivity index is 1.43. The van der Waals surface area contributed by atoms with Gasteiger partial charge in [-0.3, -0.25) is 5.32 Å². The summed E-state index contributed by atoms with van der Waals surface area (Å²) in [6.45, 7) is 1.41. The van der Waals surface area contributed by atoms with Crippen LogP contribution < -0.4 is 5.32 Å². The minimum atomic E-state index is -0.0806. The molecule has 0 atom stereocenters. The number of nitrogens with zero attached hydrogens (tertiary/aromatic N) is 3. The summed E-state index contributed by atoms with van der Waals surface area (Å²) in [6, 6.07) is 8.22. The second-order valence-corrected chi connectivity index (χ2v) is 6.60. The molecule has 2 aliphatic rings. The van der Waals surface area contributed by atoms with Gasteiger partial charge < -0.3 is 4.90 Å². The molecular formula is C15H16N4OS. The molecule has 0 bridgehead atoms. The molecule has 1 saturated carbocycles. The van der Waals surface area contributed by atoms with Gasteiger partial charge in [0.25, 0.3) is 0 Å². The average molecular weight is 300 g/mol. The summed E-state index contributed by atoms with van der Waals surface area (Å²) >= 11 is 1.50. The Bertz CT molecular complexity index is 680. The molecule has 1 aliphatic carbocycles. The molecule has 108 valence electrons. The third-order valence-corrected chi connectivity index (χ3v) is 5.00. The molecule has 0 saturated heterocycles. The number of fused-ring (bicyclic) bond motifs is 1. The molecule has 21 heavy (non-hydrogen) atoms. The van der Waals surface area contributed by atoms with Crippen molar-refractivity contribution in [1.29, 1.82) is 0 Å². The Kier molecular flexibility index (Phi) is 3.11. The quantitative estimate of drug-likeness (QED) is 0.927. The van der Waals surface area contributed by atoms with E-state index in [-0.39, 0.29) is 6.03 Å². The van der Waals surface area contributed by atoms with Crippen LogP contribution in [0.5, 0.6) is 0 Å².